The number of fused-ring (bicyclic) bond motifs is 5. The molecule has 5 rings (SSSR count). The molecule has 2 bridgehead atoms. The van der Waals surface area contributed by atoms with Crippen molar-refractivity contribution in [1.29, 1.82) is 0 Å². The molecular formula is C38H53NO11. The molecule has 0 radical (unpaired) electrons. The Bertz CT molecular complexity index is 1570. The largest absolute Gasteiger partial charge is 0.456 e. The first kappa shape index (κ1) is 37.9. The van der Waals surface area contributed by atoms with Crippen molar-refractivity contribution >= 4 is 23.8 Å². The third-order valence-corrected chi connectivity index (χ3v) is 12.1. The number of alkyl carbamates (subject to hydrolysis) is 1. The Labute approximate surface area is 293 Å². The predicted octanol–water partition coefficient (Wildman–Crippen LogP) is 3.89. The Morgan fingerprint density at radius 2 is 1.68 bits per heavy atom. The second-order valence-corrected chi connectivity index (χ2v) is 16.8. The van der Waals surface area contributed by atoms with Gasteiger partial charge >= 0.3 is 18.0 Å². The number of esters is 2. The molecule has 1 heterocycles. The third-order valence-electron chi connectivity index (χ3n) is 12.1. The molecule has 1 amide bonds. The van der Waals surface area contributed by atoms with Crippen molar-refractivity contribution in [3.05, 3.63) is 47.0 Å². The highest BCUT2D eigenvalue weighted by atomic mass is 16.6. The summed E-state index contributed by atoms with van der Waals surface area (Å²) in [6.07, 6.45) is -6.81. The van der Waals surface area contributed by atoms with E-state index in [1.54, 1.807) is 85.7 Å². The molecule has 1 aromatic rings. The predicted molar refractivity (Wildman–Crippen MR) is 181 cm³/mol. The van der Waals surface area contributed by atoms with Crippen LogP contribution in [0.4, 0.5) is 4.79 Å². The van der Waals surface area contributed by atoms with Crippen molar-refractivity contribution in [2.75, 3.05) is 6.61 Å². The molecule has 0 spiro atoms. The zero-order chi connectivity index (χ0) is 37.4. The number of hydrogen-bond acceptors (Lipinski definition) is 11. The highest BCUT2D eigenvalue weighted by Crippen LogP contribution is 2.66. The summed E-state index contributed by atoms with van der Waals surface area (Å²) in [6, 6.07) is 7.22. The zero-order valence-electron chi connectivity index (χ0n) is 30.7. The first-order chi connectivity index (χ1) is 23.0. The van der Waals surface area contributed by atoms with Crippen LogP contribution >= 0.6 is 0 Å². The minimum absolute atomic E-state index is 0.203. The Balaban J connectivity index is 1.60. The molecule has 3 unspecified atom stereocenters. The molecule has 3 aliphatic carbocycles. The van der Waals surface area contributed by atoms with Crippen molar-refractivity contribution < 1.29 is 53.4 Å². The molecule has 276 valence electrons. The number of aliphatic hydroxyl groups excluding tert-OH is 2. The molecule has 3 fully saturated rings. The molecule has 1 saturated heterocycles. The van der Waals surface area contributed by atoms with Gasteiger partial charge in [0.2, 0.25) is 0 Å². The van der Waals surface area contributed by atoms with E-state index in [2.05, 4.69) is 5.32 Å². The lowest BCUT2D eigenvalue weighted by Crippen LogP contribution is -2.77. The van der Waals surface area contributed by atoms with Crippen molar-refractivity contribution in [2.45, 2.75) is 130 Å². The van der Waals surface area contributed by atoms with Crippen molar-refractivity contribution in [2.24, 2.45) is 28.1 Å². The van der Waals surface area contributed by atoms with Gasteiger partial charge in [-0.3, -0.25) is 4.79 Å². The average molecular weight is 700 g/mol. The molecule has 2 saturated carbocycles. The summed E-state index contributed by atoms with van der Waals surface area (Å²) in [7, 11) is 0. The molecular weight excluding hydrogens is 646 g/mol. The van der Waals surface area contributed by atoms with Gasteiger partial charge in [-0.25, -0.2) is 14.4 Å². The number of benzene rings is 1. The van der Waals surface area contributed by atoms with Gasteiger partial charge in [0.15, 0.2) is 6.10 Å². The van der Waals surface area contributed by atoms with Crippen LogP contribution in [0.1, 0.15) is 92.4 Å². The van der Waals surface area contributed by atoms with Gasteiger partial charge in [-0.05, 0) is 64.8 Å². The number of ether oxygens (including phenoxy) is 4. The van der Waals surface area contributed by atoms with Gasteiger partial charge in [-0.15, -0.1) is 0 Å². The fourth-order valence-electron chi connectivity index (χ4n) is 9.27. The molecule has 0 aromatic heterocycles. The average Bonchev–Trinajstić information content (AvgIpc) is 3.02. The van der Waals surface area contributed by atoms with E-state index >= 15 is 0 Å². The minimum Gasteiger partial charge on any atom is -0.456 e. The first-order valence-electron chi connectivity index (χ1n) is 17.4. The number of Topliss-reactive ketones (excluding diaryl/α,β-unsaturated/α-hetero) is 1. The van der Waals surface area contributed by atoms with Gasteiger partial charge in [0.25, 0.3) is 0 Å². The molecule has 12 nitrogen and oxygen atoms in total. The Kier molecular flexibility index (Phi) is 9.65. The van der Waals surface area contributed by atoms with E-state index in [4.69, 9.17) is 18.9 Å². The molecule has 12 heteroatoms. The third kappa shape index (κ3) is 5.95. The SMILES string of the molecule is CC1=C2[C@@H](C)C(=O)[C@@]3(C)[C@H](C(OC(=O)c4ccccc4)[C@](O)(C[C@@H]1OC(=O)C(O)C(C)NC(=O)OC(C)(C)C)C2(C)C)[C@]1(C)CO[C@@H]1C[C@@H]3O. The minimum atomic E-state index is -1.95. The van der Waals surface area contributed by atoms with Crippen LogP contribution in [0.2, 0.25) is 0 Å². The summed E-state index contributed by atoms with van der Waals surface area (Å²) in [5.41, 5.74) is -4.95. The maximum atomic E-state index is 14.9. The van der Waals surface area contributed by atoms with Crippen LogP contribution in [0.5, 0.6) is 0 Å². The summed E-state index contributed by atoms with van der Waals surface area (Å²) in [5.74, 6) is -3.81. The Morgan fingerprint density at radius 3 is 2.24 bits per heavy atom. The smallest absolute Gasteiger partial charge is 0.407 e. The van der Waals surface area contributed by atoms with E-state index < -0.39 is 93.9 Å². The number of amides is 1. The molecule has 4 N–H and O–H groups in total. The van der Waals surface area contributed by atoms with Crippen LogP contribution < -0.4 is 5.32 Å². The van der Waals surface area contributed by atoms with Crippen LogP contribution in [-0.4, -0.2) is 93.5 Å². The fourth-order valence-corrected chi connectivity index (χ4v) is 9.27. The topological polar surface area (TPSA) is 178 Å². The molecule has 50 heavy (non-hydrogen) atoms. The van der Waals surface area contributed by atoms with Gasteiger partial charge < -0.3 is 39.6 Å². The summed E-state index contributed by atoms with van der Waals surface area (Å²) >= 11 is 0. The number of nitrogens with one attached hydrogen (secondary N) is 1. The Hall–Kier alpha value is -3.32. The lowest BCUT2D eigenvalue weighted by Gasteiger charge is -2.68. The van der Waals surface area contributed by atoms with Crippen molar-refractivity contribution in [3.63, 3.8) is 0 Å². The second-order valence-electron chi connectivity index (χ2n) is 16.8. The molecule has 4 aliphatic rings. The van der Waals surface area contributed by atoms with Crippen LogP contribution in [0.15, 0.2) is 41.5 Å². The summed E-state index contributed by atoms with van der Waals surface area (Å²) < 4.78 is 23.5. The molecule has 1 aliphatic heterocycles. The van der Waals surface area contributed by atoms with E-state index in [1.807, 2.05) is 6.92 Å². The maximum absolute atomic E-state index is 14.9. The summed E-state index contributed by atoms with van der Waals surface area (Å²) in [6.45, 7) is 17.3. The van der Waals surface area contributed by atoms with E-state index in [0.717, 1.165) is 0 Å². The van der Waals surface area contributed by atoms with E-state index in [-0.39, 0.29) is 30.8 Å². The fraction of sp³-hybridized carbons (Fsp3) is 0.684. The van der Waals surface area contributed by atoms with E-state index in [1.165, 1.54) is 6.92 Å². The second kappa shape index (κ2) is 12.7. The van der Waals surface area contributed by atoms with Crippen molar-refractivity contribution in [3.8, 4) is 0 Å². The monoisotopic (exact) mass is 699 g/mol. The number of ketones is 1. The molecule has 11 atom stereocenters. The summed E-state index contributed by atoms with van der Waals surface area (Å²) in [5, 5.41) is 38.4. The van der Waals surface area contributed by atoms with Crippen LogP contribution in [-0.2, 0) is 28.5 Å². The normalized spacial score (nSPS) is 37.4. The van der Waals surface area contributed by atoms with Crippen LogP contribution in [0.3, 0.4) is 0 Å². The number of aliphatic hydroxyl groups is 3. The Morgan fingerprint density at radius 1 is 1.06 bits per heavy atom. The standard InChI is InChI=1S/C38H53NO11/c1-19-23(48-32(44)27(41)21(3)39-33(45)50-34(4,5)6)17-38(46)30(49-31(43)22-14-12-11-13-15-22)28-36(9)18-47-25(36)16-24(40)37(28,10)29(42)20(2)26(19)35(38,7)8/h11-15,20-21,23-25,27-28,30,40-41,46H,16-18H2,1-10H3,(H,39,45)/t20-,21?,23+,24+,25-,27?,28-,30?,36-,37-,38-/m1/s1. The first-order valence-corrected chi connectivity index (χ1v) is 17.4. The van der Waals surface area contributed by atoms with Crippen molar-refractivity contribution in [1.82, 2.24) is 5.32 Å². The summed E-state index contributed by atoms with van der Waals surface area (Å²) in [4.78, 5) is 54.7. The van der Waals surface area contributed by atoms with E-state index in [9.17, 15) is 34.5 Å². The zero-order valence-corrected chi connectivity index (χ0v) is 30.7. The van der Waals surface area contributed by atoms with Gasteiger partial charge in [-0.2, -0.15) is 0 Å². The lowest BCUT2D eigenvalue weighted by molar-refractivity contribution is -0.312. The molecule has 1 aromatic carbocycles. The van der Waals surface area contributed by atoms with Gasteiger partial charge in [0.05, 0.1) is 35.8 Å². The number of rotatable bonds is 6. The van der Waals surface area contributed by atoms with E-state index in [0.29, 0.717) is 11.1 Å². The van der Waals surface area contributed by atoms with Gasteiger partial charge in [-0.1, -0.05) is 45.9 Å². The number of carbonyl (C=O) groups is 4. The van der Waals surface area contributed by atoms with Gasteiger partial charge in [0.1, 0.15) is 29.2 Å². The van der Waals surface area contributed by atoms with Gasteiger partial charge in [0, 0.05) is 35.5 Å². The maximum Gasteiger partial charge on any atom is 0.407 e. The van der Waals surface area contributed by atoms with Crippen LogP contribution in [0.25, 0.3) is 0 Å². The number of carbonyl (C=O) groups excluding carboxylic acids is 4. The number of hydrogen-bond donors (Lipinski definition) is 4. The lowest BCUT2D eigenvalue weighted by atomic mass is 9.41. The highest BCUT2D eigenvalue weighted by molar-refractivity contribution is 5.92. The quantitative estimate of drug-likeness (QED) is 0.192. The van der Waals surface area contributed by atoms with Crippen LogP contribution in [0, 0.1) is 28.1 Å². The highest BCUT2D eigenvalue weighted by Gasteiger charge is 2.74.